The van der Waals surface area contributed by atoms with Crippen LogP contribution < -0.4 is 5.73 Å². The van der Waals surface area contributed by atoms with Gasteiger partial charge in [-0.2, -0.15) is 0 Å². The minimum Gasteiger partial charge on any atom is -0.457 e. The lowest BCUT2D eigenvalue weighted by molar-refractivity contribution is -0.154. The number of phosphoric acid groups is 1. The summed E-state index contributed by atoms with van der Waals surface area (Å²) >= 11 is 0. The number of rotatable bonds is 44. The van der Waals surface area contributed by atoms with Gasteiger partial charge in [0, 0.05) is 19.6 Å². The molecule has 0 aromatic rings. The van der Waals surface area contributed by atoms with E-state index < -0.39 is 13.9 Å². The molecule has 0 fully saturated rings. The Morgan fingerprint density at radius 1 is 0.556 bits per heavy atom. The monoisotopic (exact) mass is 786 g/mol. The molecule has 0 rings (SSSR count). The highest BCUT2D eigenvalue weighted by Crippen LogP contribution is 2.43. The van der Waals surface area contributed by atoms with Crippen molar-refractivity contribution < 1.29 is 32.8 Å². The van der Waals surface area contributed by atoms with Crippen molar-refractivity contribution in [2.75, 3.05) is 33.0 Å². The van der Waals surface area contributed by atoms with E-state index in [0.29, 0.717) is 13.0 Å². The minimum absolute atomic E-state index is 0.0950. The van der Waals surface area contributed by atoms with Crippen molar-refractivity contribution >= 4 is 13.8 Å². The van der Waals surface area contributed by atoms with Gasteiger partial charge in [-0.1, -0.05) is 192 Å². The van der Waals surface area contributed by atoms with Crippen molar-refractivity contribution in [3.63, 3.8) is 0 Å². The van der Waals surface area contributed by atoms with Crippen molar-refractivity contribution in [3.05, 3.63) is 24.3 Å². The van der Waals surface area contributed by atoms with Gasteiger partial charge in [-0.15, -0.1) is 0 Å². The maximum absolute atomic E-state index is 12.6. The number of hydrogen-bond acceptors (Lipinski definition) is 7. The van der Waals surface area contributed by atoms with E-state index in [1.165, 1.54) is 154 Å². The van der Waals surface area contributed by atoms with E-state index in [9.17, 15) is 14.3 Å². The van der Waals surface area contributed by atoms with E-state index in [0.717, 1.165) is 44.9 Å². The van der Waals surface area contributed by atoms with Gasteiger partial charge in [0.25, 0.3) is 0 Å². The summed E-state index contributed by atoms with van der Waals surface area (Å²) < 4.78 is 33.5. The van der Waals surface area contributed by atoms with Crippen LogP contribution in [0, 0.1) is 0 Å². The van der Waals surface area contributed by atoms with Crippen LogP contribution in [-0.2, 0) is 27.9 Å². The van der Waals surface area contributed by atoms with Gasteiger partial charge in [0.1, 0.15) is 6.10 Å². The third-order valence-electron chi connectivity index (χ3n) is 9.87. The van der Waals surface area contributed by atoms with Crippen molar-refractivity contribution in [1.82, 2.24) is 0 Å². The van der Waals surface area contributed by atoms with Crippen molar-refractivity contribution in [2.45, 2.75) is 225 Å². The number of hydrogen-bond donors (Lipinski definition) is 2. The molecule has 0 amide bonds. The molecule has 1 unspecified atom stereocenters. The average Bonchev–Trinajstić information content (AvgIpc) is 3.16. The third-order valence-corrected chi connectivity index (χ3v) is 10.9. The Balaban J connectivity index is 3.99. The van der Waals surface area contributed by atoms with E-state index >= 15 is 0 Å². The summed E-state index contributed by atoms with van der Waals surface area (Å²) in [6.45, 7) is 4.93. The van der Waals surface area contributed by atoms with Gasteiger partial charge < -0.3 is 20.1 Å². The fourth-order valence-corrected chi connectivity index (χ4v) is 7.26. The van der Waals surface area contributed by atoms with Crippen LogP contribution in [-0.4, -0.2) is 49.9 Å². The molecule has 0 saturated carbocycles. The first-order valence-electron chi connectivity index (χ1n) is 22.8. The van der Waals surface area contributed by atoms with Crippen molar-refractivity contribution in [1.29, 1.82) is 0 Å². The van der Waals surface area contributed by atoms with Crippen LogP contribution in [0.2, 0.25) is 0 Å². The van der Waals surface area contributed by atoms with Gasteiger partial charge in [0.05, 0.1) is 19.8 Å². The highest BCUT2D eigenvalue weighted by atomic mass is 31.2. The fourth-order valence-electron chi connectivity index (χ4n) is 6.50. The molecule has 0 aromatic heterocycles. The number of allylic oxidation sites excluding steroid dienone is 4. The van der Waals surface area contributed by atoms with E-state index in [2.05, 4.69) is 38.2 Å². The summed E-state index contributed by atoms with van der Waals surface area (Å²) in [5, 5.41) is 0. The van der Waals surface area contributed by atoms with E-state index in [1.807, 2.05) is 0 Å². The van der Waals surface area contributed by atoms with Crippen LogP contribution in [0.1, 0.15) is 219 Å². The zero-order valence-electron chi connectivity index (χ0n) is 35.5. The number of esters is 1. The summed E-state index contributed by atoms with van der Waals surface area (Å²) in [5.74, 6) is -0.335. The molecule has 0 aliphatic rings. The summed E-state index contributed by atoms with van der Waals surface area (Å²) in [6.07, 6.45) is 47.6. The minimum atomic E-state index is -4.28. The Morgan fingerprint density at radius 2 is 0.981 bits per heavy atom. The second-order valence-corrected chi connectivity index (χ2v) is 16.7. The molecule has 54 heavy (non-hydrogen) atoms. The summed E-state index contributed by atoms with van der Waals surface area (Å²) in [4.78, 5) is 22.5. The first-order chi connectivity index (χ1) is 26.4. The maximum atomic E-state index is 12.6. The van der Waals surface area contributed by atoms with Gasteiger partial charge in [0.2, 0.25) is 0 Å². The zero-order valence-corrected chi connectivity index (χ0v) is 36.4. The number of carbonyl (C=O) groups excluding carboxylic acids is 1. The molecule has 9 heteroatoms. The maximum Gasteiger partial charge on any atom is 0.472 e. The standard InChI is InChI=1S/C45H88NO7P/c1-3-5-7-9-11-13-15-17-19-21-23-25-27-29-31-33-35-37-40-50-42-44(43-52-54(48,49)51-41-39-46)53-45(47)38-36-34-32-30-28-26-24-22-20-18-16-14-12-10-8-6-4-2/h12,14,18,20,44H,3-11,13,15-17,19,21-43,46H2,1-2H3,(H,48,49)/b14-12-,20-18-/t44-/m1/s1. The summed E-state index contributed by atoms with van der Waals surface area (Å²) in [5.41, 5.74) is 5.37. The molecule has 0 bridgehead atoms. The SMILES string of the molecule is CCCCC/C=C\C/C=C\CCCCCCCCCC(=O)O[C@H](COCCCCCCCCCCCCCCCCCCCC)COP(=O)(O)OCCN. The Hall–Kier alpha value is -1.02. The van der Waals surface area contributed by atoms with E-state index in [-0.39, 0.29) is 32.3 Å². The first-order valence-corrected chi connectivity index (χ1v) is 24.3. The van der Waals surface area contributed by atoms with Crippen molar-refractivity contribution in [2.24, 2.45) is 5.73 Å². The number of carbonyl (C=O) groups is 1. The molecule has 3 N–H and O–H groups in total. The summed E-state index contributed by atoms with van der Waals surface area (Å²) in [7, 11) is -4.28. The molecule has 0 aromatic carbocycles. The first kappa shape index (κ1) is 53.0. The lowest BCUT2D eigenvalue weighted by Gasteiger charge is -2.20. The quantitative estimate of drug-likeness (QED) is 0.0271. The Bertz CT molecular complexity index is 884. The summed E-state index contributed by atoms with van der Waals surface area (Å²) in [6, 6.07) is 0. The van der Waals surface area contributed by atoms with Crippen LogP contribution in [0.3, 0.4) is 0 Å². The molecule has 2 atom stereocenters. The second-order valence-electron chi connectivity index (χ2n) is 15.3. The number of phosphoric ester groups is 1. The second kappa shape index (κ2) is 43.1. The van der Waals surface area contributed by atoms with Crippen LogP contribution in [0.15, 0.2) is 24.3 Å². The molecule has 0 heterocycles. The predicted molar refractivity (Wildman–Crippen MR) is 229 cm³/mol. The number of nitrogens with two attached hydrogens (primary N) is 1. The molecule has 0 aliphatic carbocycles. The number of unbranched alkanes of at least 4 members (excludes halogenated alkanes) is 27. The third kappa shape index (κ3) is 42.1. The fraction of sp³-hybridized carbons (Fsp3) is 0.889. The molecular formula is C45H88NO7P. The highest BCUT2D eigenvalue weighted by molar-refractivity contribution is 7.47. The van der Waals surface area contributed by atoms with Crippen LogP contribution in [0.5, 0.6) is 0 Å². The molecule has 8 nitrogen and oxygen atoms in total. The van der Waals surface area contributed by atoms with Gasteiger partial charge in [-0.25, -0.2) is 4.57 Å². The molecule has 0 spiro atoms. The predicted octanol–water partition coefficient (Wildman–Crippen LogP) is 13.6. The Morgan fingerprint density at radius 3 is 1.48 bits per heavy atom. The zero-order chi connectivity index (χ0) is 39.5. The van der Waals surface area contributed by atoms with Crippen LogP contribution in [0.25, 0.3) is 0 Å². The van der Waals surface area contributed by atoms with Gasteiger partial charge in [-0.3, -0.25) is 13.8 Å². The van der Waals surface area contributed by atoms with Gasteiger partial charge >= 0.3 is 13.8 Å². The van der Waals surface area contributed by atoms with Gasteiger partial charge in [0.15, 0.2) is 0 Å². The molecule has 0 radical (unpaired) electrons. The lowest BCUT2D eigenvalue weighted by atomic mass is 10.0. The normalized spacial score (nSPS) is 13.6. The van der Waals surface area contributed by atoms with E-state index in [4.69, 9.17) is 24.3 Å². The van der Waals surface area contributed by atoms with Crippen LogP contribution >= 0.6 is 7.82 Å². The Labute approximate surface area is 334 Å². The molecule has 0 saturated heterocycles. The smallest absolute Gasteiger partial charge is 0.457 e. The lowest BCUT2D eigenvalue weighted by Crippen LogP contribution is -2.28. The Kier molecular flexibility index (Phi) is 42.3. The molecular weight excluding hydrogens is 697 g/mol. The van der Waals surface area contributed by atoms with Crippen LogP contribution in [0.4, 0.5) is 0 Å². The van der Waals surface area contributed by atoms with Crippen molar-refractivity contribution in [3.8, 4) is 0 Å². The molecule has 320 valence electrons. The highest BCUT2D eigenvalue weighted by Gasteiger charge is 2.25. The average molecular weight is 786 g/mol. The van der Waals surface area contributed by atoms with E-state index in [1.54, 1.807) is 0 Å². The molecule has 0 aliphatic heterocycles. The topological polar surface area (TPSA) is 117 Å². The number of ether oxygens (including phenoxy) is 2. The largest absolute Gasteiger partial charge is 0.472 e. The van der Waals surface area contributed by atoms with Gasteiger partial charge in [-0.05, 0) is 44.9 Å².